The molecule has 4 atom stereocenters. The number of carbonyl (C=O) groups excluding carboxylic acids is 4. The number of esters is 3. The molecule has 2 N–H and O–H groups in total. The first kappa shape index (κ1) is 19.4. The first-order chi connectivity index (χ1) is 12.3. The molecule has 1 saturated heterocycles. The standard InChI is InChI=1S/C17H19NO8/c1-9(19)24-13-12(8-23-17(22)11-6-4-3-5-7-11)26-15(16(18)21)14(13)25-10(2)20/h3-7,12-15H,8H2,1-2H3,(H2,18,21)/t12-,13-,14-,15-/m1/s1. The molecule has 0 radical (unpaired) electrons. The van der Waals surface area contributed by atoms with Gasteiger partial charge >= 0.3 is 17.9 Å². The van der Waals surface area contributed by atoms with Gasteiger partial charge in [-0.15, -0.1) is 0 Å². The van der Waals surface area contributed by atoms with Gasteiger partial charge in [0.2, 0.25) is 0 Å². The lowest BCUT2D eigenvalue weighted by atomic mass is 10.1. The van der Waals surface area contributed by atoms with Gasteiger partial charge in [0.05, 0.1) is 5.56 Å². The Morgan fingerprint density at radius 1 is 1.00 bits per heavy atom. The van der Waals surface area contributed by atoms with Crippen LogP contribution in [0.5, 0.6) is 0 Å². The molecular formula is C17H19NO8. The summed E-state index contributed by atoms with van der Waals surface area (Å²) in [4.78, 5) is 46.3. The number of hydrogen-bond acceptors (Lipinski definition) is 8. The van der Waals surface area contributed by atoms with Gasteiger partial charge in [-0.05, 0) is 12.1 Å². The van der Waals surface area contributed by atoms with Crippen molar-refractivity contribution in [1.29, 1.82) is 0 Å². The summed E-state index contributed by atoms with van der Waals surface area (Å²) in [7, 11) is 0. The number of amides is 1. The Bertz CT molecular complexity index is 689. The minimum absolute atomic E-state index is 0.317. The molecule has 0 spiro atoms. The molecule has 0 bridgehead atoms. The normalized spacial score (nSPS) is 24.5. The molecule has 9 nitrogen and oxygen atoms in total. The summed E-state index contributed by atoms with van der Waals surface area (Å²) in [5.41, 5.74) is 5.58. The van der Waals surface area contributed by atoms with Gasteiger partial charge in [-0.2, -0.15) is 0 Å². The minimum atomic E-state index is -1.33. The summed E-state index contributed by atoms with van der Waals surface area (Å²) in [6, 6.07) is 8.22. The van der Waals surface area contributed by atoms with Gasteiger partial charge in [0.1, 0.15) is 12.7 Å². The molecule has 140 valence electrons. The van der Waals surface area contributed by atoms with E-state index < -0.39 is 48.2 Å². The molecule has 1 heterocycles. The van der Waals surface area contributed by atoms with Crippen LogP contribution in [0.25, 0.3) is 0 Å². The smallest absolute Gasteiger partial charge is 0.338 e. The molecule has 0 aromatic heterocycles. The Balaban J connectivity index is 2.13. The molecule has 0 unspecified atom stereocenters. The number of rotatable bonds is 6. The van der Waals surface area contributed by atoms with Crippen LogP contribution in [0.4, 0.5) is 0 Å². The fraction of sp³-hybridized carbons (Fsp3) is 0.412. The summed E-state index contributed by atoms with van der Waals surface area (Å²) < 4.78 is 20.7. The number of nitrogens with two attached hydrogens (primary N) is 1. The van der Waals surface area contributed by atoms with Crippen LogP contribution in [0.2, 0.25) is 0 Å². The van der Waals surface area contributed by atoms with Crippen LogP contribution in [-0.4, -0.2) is 54.8 Å². The number of ether oxygens (including phenoxy) is 4. The van der Waals surface area contributed by atoms with Crippen molar-refractivity contribution in [1.82, 2.24) is 0 Å². The Morgan fingerprint density at radius 2 is 1.58 bits per heavy atom. The highest BCUT2D eigenvalue weighted by atomic mass is 16.7. The van der Waals surface area contributed by atoms with Crippen LogP contribution < -0.4 is 5.73 Å². The highest BCUT2D eigenvalue weighted by Gasteiger charge is 2.52. The molecule has 1 fully saturated rings. The lowest BCUT2D eigenvalue weighted by molar-refractivity contribution is -0.165. The predicted octanol–water partition coefficient (Wildman–Crippen LogP) is -0.0405. The highest BCUT2D eigenvalue weighted by molar-refractivity contribution is 5.89. The third kappa shape index (κ3) is 4.79. The van der Waals surface area contributed by atoms with Gasteiger partial charge in [0, 0.05) is 13.8 Å². The number of carbonyl (C=O) groups is 4. The molecule has 2 rings (SSSR count). The number of hydrogen-bond donors (Lipinski definition) is 1. The molecule has 1 aromatic rings. The van der Waals surface area contributed by atoms with E-state index in [4.69, 9.17) is 24.7 Å². The molecule has 1 amide bonds. The van der Waals surface area contributed by atoms with E-state index in [2.05, 4.69) is 0 Å². The van der Waals surface area contributed by atoms with Crippen molar-refractivity contribution in [2.24, 2.45) is 5.73 Å². The summed E-state index contributed by atoms with van der Waals surface area (Å²) in [6.07, 6.45) is -4.72. The molecular weight excluding hydrogens is 346 g/mol. The Morgan fingerprint density at radius 3 is 2.12 bits per heavy atom. The topological polar surface area (TPSA) is 131 Å². The van der Waals surface area contributed by atoms with Crippen LogP contribution in [0, 0.1) is 0 Å². The van der Waals surface area contributed by atoms with E-state index in [0.29, 0.717) is 5.56 Å². The van der Waals surface area contributed by atoms with E-state index in [9.17, 15) is 19.2 Å². The van der Waals surface area contributed by atoms with E-state index in [1.165, 1.54) is 0 Å². The van der Waals surface area contributed by atoms with Crippen LogP contribution in [0.3, 0.4) is 0 Å². The fourth-order valence-corrected chi connectivity index (χ4v) is 2.56. The van der Waals surface area contributed by atoms with Crippen LogP contribution in [0.15, 0.2) is 30.3 Å². The number of primary amides is 1. The van der Waals surface area contributed by atoms with Crippen molar-refractivity contribution in [3.05, 3.63) is 35.9 Å². The van der Waals surface area contributed by atoms with Crippen molar-refractivity contribution in [2.75, 3.05) is 6.61 Å². The second-order valence-corrected chi connectivity index (χ2v) is 5.61. The van der Waals surface area contributed by atoms with Crippen LogP contribution in [-0.2, 0) is 33.3 Å². The SMILES string of the molecule is CC(=O)O[C@@H]1[C@H](OC(C)=O)[C@@H](COC(=O)c2ccccc2)O[C@H]1C(N)=O. The molecule has 26 heavy (non-hydrogen) atoms. The van der Waals surface area contributed by atoms with E-state index >= 15 is 0 Å². The van der Waals surface area contributed by atoms with Gasteiger partial charge in [0.25, 0.3) is 5.91 Å². The van der Waals surface area contributed by atoms with Crippen molar-refractivity contribution in [3.63, 3.8) is 0 Å². The molecule has 0 saturated carbocycles. The zero-order chi connectivity index (χ0) is 19.3. The second kappa shape index (κ2) is 8.43. The zero-order valence-electron chi connectivity index (χ0n) is 14.2. The molecule has 1 aromatic carbocycles. The van der Waals surface area contributed by atoms with Gasteiger partial charge in [-0.3, -0.25) is 14.4 Å². The maximum atomic E-state index is 12.0. The zero-order valence-corrected chi connectivity index (χ0v) is 14.2. The lowest BCUT2D eigenvalue weighted by Crippen LogP contribution is -2.44. The summed E-state index contributed by atoms with van der Waals surface area (Å²) in [5, 5.41) is 0. The molecule has 0 aliphatic carbocycles. The van der Waals surface area contributed by atoms with Crippen LogP contribution in [0.1, 0.15) is 24.2 Å². The maximum absolute atomic E-state index is 12.0. The fourth-order valence-electron chi connectivity index (χ4n) is 2.56. The third-order valence-electron chi connectivity index (χ3n) is 3.58. The lowest BCUT2D eigenvalue weighted by Gasteiger charge is -2.22. The van der Waals surface area contributed by atoms with E-state index in [1.807, 2.05) is 0 Å². The average Bonchev–Trinajstić information content (AvgIpc) is 2.90. The first-order valence-electron chi connectivity index (χ1n) is 7.81. The highest BCUT2D eigenvalue weighted by Crippen LogP contribution is 2.27. The quantitative estimate of drug-likeness (QED) is 0.549. The largest absolute Gasteiger partial charge is 0.459 e. The van der Waals surface area contributed by atoms with E-state index in [1.54, 1.807) is 30.3 Å². The van der Waals surface area contributed by atoms with Crippen LogP contribution >= 0.6 is 0 Å². The van der Waals surface area contributed by atoms with Gasteiger partial charge < -0.3 is 24.7 Å². The third-order valence-corrected chi connectivity index (χ3v) is 3.58. The first-order valence-corrected chi connectivity index (χ1v) is 7.81. The van der Waals surface area contributed by atoms with Crippen molar-refractivity contribution in [2.45, 2.75) is 38.3 Å². The van der Waals surface area contributed by atoms with Crippen molar-refractivity contribution < 1.29 is 38.1 Å². The van der Waals surface area contributed by atoms with Crippen molar-refractivity contribution >= 4 is 23.8 Å². The summed E-state index contributed by atoms with van der Waals surface area (Å²) >= 11 is 0. The Hall–Kier alpha value is -2.94. The molecule has 1 aliphatic rings. The number of benzene rings is 1. The van der Waals surface area contributed by atoms with Crippen molar-refractivity contribution in [3.8, 4) is 0 Å². The average molecular weight is 365 g/mol. The predicted molar refractivity (Wildman–Crippen MR) is 85.7 cm³/mol. The second-order valence-electron chi connectivity index (χ2n) is 5.61. The van der Waals surface area contributed by atoms with Gasteiger partial charge in [-0.25, -0.2) is 4.79 Å². The Kier molecular flexibility index (Phi) is 6.29. The summed E-state index contributed by atoms with van der Waals surface area (Å²) in [5.74, 6) is -2.91. The molecule has 1 aliphatic heterocycles. The summed E-state index contributed by atoms with van der Waals surface area (Å²) in [6.45, 7) is 1.95. The minimum Gasteiger partial charge on any atom is -0.459 e. The van der Waals surface area contributed by atoms with E-state index in [0.717, 1.165) is 13.8 Å². The van der Waals surface area contributed by atoms with E-state index in [-0.39, 0.29) is 6.61 Å². The monoisotopic (exact) mass is 365 g/mol. The Labute approximate surface area is 149 Å². The maximum Gasteiger partial charge on any atom is 0.338 e. The van der Waals surface area contributed by atoms with Gasteiger partial charge in [-0.1, -0.05) is 18.2 Å². The molecule has 9 heteroatoms. The van der Waals surface area contributed by atoms with Gasteiger partial charge in [0.15, 0.2) is 18.3 Å².